The Morgan fingerprint density at radius 2 is 0.571 bits per heavy atom. The summed E-state index contributed by atoms with van der Waals surface area (Å²) in [5, 5.41) is 0. The molecule has 14 heteroatoms. The van der Waals surface area contributed by atoms with Crippen LogP contribution in [-0.2, 0) is 41.4 Å². The zero-order valence-electron chi connectivity index (χ0n) is 6.08. The molecule has 0 N–H and O–H groups in total. The van der Waals surface area contributed by atoms with E-state index >= 15 is 0 Å². The number of hydrogen-bond donors (Lipinski definition) is 0. The Balaban J connectivity index is -0.0000000145. The van der Waals surface area contributed by atoms with E-state index in [9.17, 15) is 0 Å². The van der Waals surface area contributed by atoms with Gasteiger partial charge in [0.25, 0.3) is 0 Å². The van der Waals surface area contributed by atoms with Crippen LogP contribution in [0.5, 0.6) is 0 Å². The van der Waals surface area contributed by atoms with Crippen molar-refractivity contribution in [3.63, 3.8) is 0 Å². The van der Waals surface area contributed by atoms with E-state index in [1.54, 1.807) is 0 Å². The predicted octanol–water partition coefficient (Wildman–Crippen LogP) is -7.41. The van der Waals surface area contributed by atoms with Gasteiger partial charge in [-0.1, -0.05) is 0 Å². The fraction of sp³-hybridized carbons (Fsp3) is 0. The van der Waals surface area contributed by atoms with Crippen LogP contribution in [0.4, 0.5) is 0 Å². The SMILES string of the molecule is [LiH].[O]=[Al][O-].[O]=[Al][O-].[O]=[Al][O-].[O]=[Al][O-].[Zr+4]. The van der Waals surface area contributed by atoms with Crippen molar-refractivity contribution in [3.8, 4) is 0 Å². The summed E-state index contributed by atoms with van der Waals surface area (Å²) in [6, 6.07) is 0. The van der Waals surface area contributed by atoms with E-state index < -0.39 is 61.9 Å². The van der Waals surface area contributed by atoms with Crippen molar-refractivity contribution in [2.45, 2.75) is 0 Å². The normalized spacial score (nSPS) is 2.29. The van der Waals surface area contributed by atoms with Crippen molar-refractivity contribution >= 4 is 80.8 Å². The molecule has 0 aromatic heterocycles. The smallest absolute Gasteiger partial charge is 4.00 e. The summed E-state index contributed by atoms with van der Waals surface area (Å²) in [5.74, 6) is 0. The van der Waals surface area contributed by atoms with Gasteiger partial charge in [-0.25, -0.2) is 0 Å². The van der Waals surface area contributed by atoms with E-state index in [1.807, 2.05) is 0 Å². The van der Waals surface area contributed by atoms with Crippen molar-refractivity contribution in [2.24, 2.45) is 0 Å². The molecule has 14 heavy (non-hydrogen) atoms. The molecule has 0 aromatic rings. The molecule has 0 radical (unpaired) electrons. The van der Waals surface area contributed by atoms with Crippen LogP contribution >= 0.6 is 0 Å². The van der Waals surface area contributed by atoms with Gasteiger partial charge in [-0.2, -0.15) is 0 Å². The third kappa shape index (κ3) is 587. The Labute approximate surface area is 137 Å². The molecular weight excluding hydrogens is 334 g/mol. The molecule has 0 aromatic carbocycles. The Morgan fingerprint density at radius 3 is 0.571 bits per heavy atom. The van der Waals surface area contributed by atoms with Crippen LogP contribution in [0.3, 0.4) is 0 Å². The molecule has 0 rings (SSSR count). The number of hydrogen-bond acceptors (Lipinski definition) is 8. The summed E-state index contributed by atoms with van der Waals surface area (Å²) >= 11 is -7.00. The van der Waals surface area contributed by atoms with Crippen LogP contribution < -0.4 is 16.6 Å². The second-order valence-corrected chi connectivity index (χ2v) is 1.15. The molecule has 0 aliphatic rings. The van der Waals surface area contributed by atoms with Gasteiger partial charge >= 0.3 is 139 Å². The first-order chi connectivity index (χ1) is 5.66. The molecule has 0 saturated heterocycles. The topological polar surface area (TPSA) is 161 Å². The van der Waals surface area contributed by atoms with Gasteiger partial charge in [-0.15, -0.1) is 0 Å². The Hall–Kier alpha value is 2.01. The first-order valence-electron chi connectivity index (χ1n) is 1.89. The van der Waals surface area contributed by atoms with Gasteiger partial charge in [0, 0.05) is 0 Å². The van der Waals surface area contributed by atoms with Gasteiger partial charge in [-0.3, -0.25) is 0 Å². The molecule has 0 atom stereocenters. The second-order valence-electron chi connectivity index (χ2n) is 0.385. The largest absolute Gasteiger partial charge is 4.00 e. The first-order valence-corrected chi connectivity index (χ1v) is 5.66. The Kier molecular flexibility index (Phi) is 210. The zero-order chi connectivity index (χ0) is 10.8. The maximum absolute atomic E-state index is 8.46. The van der Waals surface area contributed by atoms with Crippen LogP contribution in [0.2, 0.25) is 0 Å². The predicted molar refractivity (Wildman–Crippen MR) is 32.9 cm³/mol. The molecule has 66 valence electrons. The average Bonchev–Trinajstić information content (AvgIpc) is 1.92. The van der Waals surface area contributed by atoms with E-state index in [0.717, 1.165) is 0 Å². The van der Waals surface area contributed by atoms with Crippen LogP contribution in [0.25, 0.3) is 0 Å². The van der Waals surface area contributed by atoms with E-state index in [-0.39, 0.29) is 45.1 Å². The molecular formula is HAl4LiO8Zr. The third-order valence-corrected chi connectivity index (χ3v) is 0. The fourth-order valence-corrected chi connectivity index (χ4v) is 0. The quantitative estimate of drug-likeness (QED) is 0.394. The summed E-state index contributed by atoms with van der Waals surface area (Å²) < 4.78 is 67.7. The van der Waals surface area contributed by atoms with Gasteiger partial charge in [0.05, 0.1) is 0 Å². The fourth-order valence-electron chi connectivity index (χ4n) is 0. The molecule has 0 saturated carbocycles. The molecule has 0 bridgehead atoms. The van der Waals surface area contributed by atoms with Gasteiger partial charge in [-0.05, 0) is 0 Å². The summed E-state index contributed by atoms with van der Waals surface area (Å²) in [6.07, 6.45) is 0. The van der Waals surface area contributed by atoms with E-state index in [1.165, 1.54) is 0 Å². The van der Waals surface area contributed by atoms with Crippen molar-refractivity contribution in [2.75, 3.05) is 0 Å². The van der Waals surface area contributed by atoms with E-state index in [4.69, 9.17) is 31.8 Å². The molecule has 0 heterocycles. The zero-order valence-corrected chi connectivity index (χ0v) is 13.2. The molecule has 0 spiro atoms. The van der Waals surface area contributed by atoms with Crippen LogP contribution in [0.15, 0.2) is 0 Å². The van der Waals surface area contributed by atoms with Crippen molar-refractivity contribution in [1.29, 1.82) is 0 Å². The molecule has 0 aliphatic carbocycles. The van der Waals surface area contributed by atoms with Crippen molar-refractivity contribution in [3.05, 3.63) is 0 Å². The summed E-state index contributed by atoms with van der Waals surface area (Å²) in [5.41, 5.74) is 0. The van der Waals surface area contributed by atoms with Crippen LogP contribution in [-0.4, -0.2) is 80.8 Å². The second kappa shape index (κ2) is 81.6. The maximum Gasteiger partial charge on any atom is 4.00 e. The molecule has 0 aliphatic heterocycles. The van der Waals surface area contributed by atoms with Crippen molar-refractivity contribution < 1.29 is 58.0 Å². The van der Waals surface area contributed by atoms with Crippen LogP contribution in [0.1, 0.15) is 0 Å². The minimum atomic E-state index is -1.75. The Morgan fingerprint density at radius 1 is 0.571 bits per heavy atom. The van der Waals surface area contributed by atoms with Gasteiger partial charge < -0.3 is 0 Å². The summed E-state index contributed by atoms with van der Waals surface area (Å²) in [6.45, 7) is 0. The molecule has 0 amide bonds. The Bertz CT molecular complexity index is 75.3. The summed E-state index contributed by atoms with van der Waals surface area (Å²) in [7, 11) is 0. The van der Waals surface area contributed by atoms with Gasteiger partial charge in [0.15, 0.2) is 0 Å². The minimum Gasteiger partial charge on any atom is 4.00 e. The van der Waals surface area contributed by atoms with Gasteiger partial charge in [0.1, 0.15) is 0 Å². The van der Waals surface area contributed by atoms with Gasteiger partial charge in [0.2, 0.25) is 0 Å². The first kappa shape index (κ1) is 36.0. The number of rotatable bonds is 0. The molecule has 0 fully saturated rings. The minimum absolute atomic E-state index is 0. The molecule has 0 unspecified atom stereocenters. The average molecular weight is 335 g/mol. The van der Waals surface area contributed by atoms with E-state index in [0.29, 0.717) is 0 Å². The molecule has 8 nitrogen and oxygen atoms in total. The summed E-state index contributed by atoms with van der Waals surface area (Å²) in [4.78, 5) is 0. The standard InChI is InChI=1S/4Al.Li.8O.Zr.H/q;;;;;;;;;4*-1;+4;. The van der Waals surface area contributed by atoms with Crippen molar-refractivity contribution in [1.82, 2.24) is 0 Å². The monoisotopic (exact) mass is 334 g/mol. The third-order valence-electron chi connectivity index (χ3n) is 0. The van der Waals surface area contributed by atoms with Crippen LogP contribution in [0, 0.1) is 0 Å². The maximum atomic E-state index is 8.46. The van der Waals surface area contributed by atoms with E-state index in [2.05, 4.69) is 0 Å².